The topological polar surface area (TPSA) is 87.1 Å². The number of nitrogens with zero attached hydrogens (tertiary/aromatic N) is 1. The molecule has 3 heterocycles. The highest BCUT2D eigenvalue weighted by Crippen LogP contribution is 2.59. The van der Waals surface area contributed by atoms with E-state index in [1.165, 1.54) is 16.2 Å². The molecule has 0 bridgehead atoms. The number of thiophene rings is 1. The average Bonchev–Trinajstić information content (AvgIpc) is 3.42. The molecule has 6 nitrogen and oxygen atoms in total. The Bertz CT molecular complexity index is 988. The Morgan fingerprint density at radius 3 is 2.55 bits per heavy atom. The maximum Gasteiger partial charge on any atom is 0.233 e. The molecule has 3 fully saturated rings. The summed E-state index contributed by atoms with van der Waals surface area (Å²) in [5.74, 6) is -3.15. The number of aliphatic hydroxyl groups is 1. The fourth-order valence-electron chi connectivity index (χ4n) is 5.84. The third kappa shape index (κ3) is 3.22. The summed E-state index contributed by atoms with van der Waals surface area (Å²) in [4.78, 5) is 29.1. The lowest BCUT2D eigenvalue weighted by molar-refractivity contribution is -0.276. The van der Waals surface area contributed by atoms with Crippen LogP contribution >= 0.6 is 11.3 Å². The van der Waals surface area contributed by atoms with Crippen LogP contribution in [0.15, 0.2) is 41.8 Å². The van der Waals surface area contributed by atoms with E-state index in [1.54, 1.807) is 24.3 Å². The van der Waals surface area contributed by atoms with E-state index < -0.39 is 23.5 Å². The molecule has 0 unspecified atom stereocenters. The maximum absolute atomic E-state index is 13.4. The third-order valence-corrected chi connectivity index (χ3v) is 8.20. The van der Waals surface area contributed by atoms with Crippen molar-refractivity contribution in [2.45, 2.75) is 45.1 Å². The molecule has 31 heavy (non-hydrogen) atoms. The van der Waals surface area contributed by atoms with Gasteiger partial charge in [-0.15, -0.1) is 11.3 Å². The number of phenolic OH excluding ortho intramolecular Hbond substituents is 1. The predicted molar refractivity (Wildman–Crippen MR) is 115 cm³/mol. The Hall–Kier alpha value is -2.22. The van der Waals surface area contributed by atoms with Crippen LogP contribution in [0.2, 0.25) is 0 Å². The summed E-state index contributed by atoms with van der Waals surface area (Å²) in [5.41, 5.74) is 0.854. The van der Waals surface area contributed by atoms with Crippen LogP contribution in [-0.2, 0) is 20.9 Å². The number of hydrogen-bond donors (Lipinski definition) is 2. The van der Waals surface area contributed by atoms with E-state index >= 15 is 0 Å². The number of carbonyl (C=O) groups excluding carboxylic acids is 2. The first kappa shape index (κ1) is 20.7. The Labute approximate surface area is 185 Å². The van der Waals surface area contributed by atoms with Crippen LogP contribution in [0.25, 0.3) is 0 Å². The largest absolute Gasteiger partial charge is 0.508 e. The van der Waals surface area contributed by atoms with Gasteiger partial charge in [0.25, 0.3) is 0 Å². The van der Waals surface area contributed by atoms with Crippen molar-refractivity contribution in [1.82, 2.24) is 4.90 Å². The number of ether oxygens (including phenoxy) is 1. The number of phenols is 1. The van der Waals surface area contributed by atoms with Gasteiger partial charge in [0.1, 0.15) is 5.75 Å². The van der Waals surface area contributed by atoms with Gasteiger partial charge in [0.2, 0.25) is 11.8 Å². The first-order valence-corrected chi connectivity index (χ1v) is 11.7. The summed E-state index contributed by atoms with van der Waals surface area (Å²) in [6.45, 7) is 4.35. The minimum atomic E-state index is -1.45. The number of rotatable bonds is 4. The fraction of sp³-hybridized carbons (Fsp3) is 0.500. The van der Waals surface area contributed by atoms with Crippen molar-refractivity contribution < 1.29 is 24.5 Å². The zero-order valence-electron chi connectivity index (χ0n) is 17.6. The quantitative estimate of drug-likeness (QED) is 0.707. The van der Waals surface area contributed by atoms with Gasteiger partial charge in [-0.2, -0.15) is 0 Å². The van der Waals surface area contributed by atoms with E-state index in [-0.39, 0.29) is 35.5 Å². The van der Waals surface area contributed by atoms with E-state index in [1.807, 2.05) is 31.4 Å². The van der Waals surface area contributed by atoms with Crippen LogP contribution in [0.4, 0.5) is 0 Å². The molecule has 2 aromatic rings. The summed E-state index contributed by atoms with van der Waals surface area (Å²) in [7, 11) is 0. The van der Waals surface area contributed by atoms with Crippen molar-refractivity contribution in [3.63, 3.8) is 0 Å². The van der Waals surface area contributed by atoms with Crippen LogP contribution in [0.1, 0.15) is 43.2 Å². The van der Waals surface area contributed by atoms with Crippen molar-refractivity contribution >= 4 is 23.2 Å². The van der Waals surface area contributed by atoms with Gasteiger partial charge in [-0.25, -0.2) is 0 Å². The number of likely N-dealkylation sites (tertiary alicyclic amines) is 1. The lowest BCUT2D eigenvalue weighted by Gasteiger charge is -2.46. The lowest BCUT2D eigenvalue weighted by Crippen LogP contribution is -2.55. The highest BCUT2D eigenvalue weighted by atomic mass is 32.1. The molecular formula is C24H27NO5S. The molecule has 2 N–H and O–H groups in total. The summed E-state index contributed by atoms with van der Waals surface area (Å²) in [5, 5.41) is 23.3. The number of amides is 2. The van der Waals surface area contributed by atoms with Crippen molar-refractivity contribution in [1.29, 1.82) is 0 Å². The molecule has 2 saturated heterocycles. The van der Waals surface area contributed by atoms with E-state index in [2.05, 4.69) is 0 Å². The number of benzene rings is 1. The molecule has 1 aliphatic carbocycles. The first-order chi connectivity index (χ1) is 14.8. The number of aromatic hydroxyl groups is 1. The van der Waals surface area contributed by atoms with Gasteiger partial charge < -0.3 is 14.9 Å². The molecule has 7 heteroatoms. The summed E-state index contributed by atoms with van der Waals surface area (Å²) < 4.78 is 6.28. The molecule has 0 radical (unpaired) electrons. The number of imide groups is 1. The normalized spacial score (nSPS) is 35.0. The van der Waals surface area contributed by atoms with Crippen LogP contribution in [0, 0.1) is 29.6 Å². The minimum Gasteiger partial charge on any atom is -0.508 e. The zero-order chi connectivity index (χ0) is 21.9. The Balaban J connectivity index is 1.49. The van der Waals surface area contributed by atoms with Crippen molar-refractivity contribution in [3.8, 4) is 5.75 Å². The number of carbonyl (C=O) groups is 2. The number of fused-ring (bicyclic) bond motifs is 3. The molecule has 3 aliphatic rings. The van der Waals surface area contributed by atoms with Gasteiger partial charge in [-0.1, -0.05) is 32.0 Å². The van der Waals surface area contributed by atoms with Gasteiger partial charge in [0.05, 0.1) is 24.5 Å². The SMILES string of the molecule is CC(C)[C@H]1C[C@@H]2C(=O)N(Cc3cccs3)C(=O)[C@@H]2[C@@H]2C[C@@H](c3ccc(O)cc3)O[C@]12O. The van der Waals surface area contributed by atoms with Gasteiger partial charge in [0.15, 0.2) is 5.79 Å². The molecule has 0 spiro atoms. The highest BCUT2D eigenvalue weighted by molar-refractivity contribution is 7.09. The summed E-state index contributed by atoms with van der Waals surface area (Å²) in [6, 6.07) is 10.6. The van der Waals surface area contributed by atoms with Gasteiger partial charge in [-0.3, -0.25) is 14.5 Å². The Morgan fingerprint density at radius 1 is 1.16 bits per heavy atom. The van der Waals surface area contributed by atoms with E-state index in [0.29, 0.717) is 19.4 Å². The van der Waals surface area contributed by atoms with Gasteiger partial charge in [0, 0.05) is 16.7 Å². The lowest BCUT2D eigenvalue weighted by atomic mass is 9.62. The first-order valence-electron chi connectivity index (χ1n) is 10.9. The minimum absolute atomic E-state index is 0.0984. The molecule has 164 valence electrons. The zero-order valence-corrected chi connectivity index (χ0v) is 18.4. The third-order valence-electron chi connectivity index (χ3n) is 7.33. The molecule has 1 aromatic heterocycles. The van der Waals surface area contributed by atoms with Gasteiger partial charge >= 0.3 is 0 Å². The molecule has 2 amide bonds. The fourth-order valence-corrected chi connectivity index (χ4v) is 6.54. The van der Waals surface area contributed by atoms with Crippen LogP contribution in [0.5, 0.6) is 5.75 Å². The number of hydrogen-bond acceptors (Lipinski definition) is 6. The average molecular weight is 442 g/mol. The van der Waals surface area contributed by atoms with Crippen molar-refractivity contribution in [2.24, 2.45) is 29.6 Å². The van der Waals surface area contributed by atoms with Crippen molar-refractivity contribution in [3.05, 3.63) is 52.2 Å². The Morgan fingerprint density at radius 2 is 1.90 bits per heavy atom. The molecule has 5 rings (SSSR count). The van der Waals surface area contributed by atoms with E-state index in [4.69, 9.17) is 4.74 Å². The molecular weight excluding hydrogens is 414 g/mol. The molecule has 1 saturated carbocycles. The second kappa shape index (κ2) is 7.43. The van der Waals surface area contributed by atoms with Crippen molar-refractivity contribution in [2.75, 3.05) is 0 Å². The van der Waals surface area contributed by atoms with E-state index in [9.17, 15) is 19.8 Å². The van der Waals surface area contributed by atoms with Crippen LogP contribution in [0.3, 0.4) is 0 Å². The van der Waals surface area contributed by atoms with Crippen LogP contribution < -0.4 is 0 Å². The maximum atomic E-state index is 13.4. The Kier molecular flexibility index (Phi) is 4.95. The second-order valence-corrected chi connectivity index (χ2v) is 10.4. The monoisotopic (exact) mass is 441 g/mol. The summed E-state index contributed by atoms with van der Waals surface area (Å²) in [6.07, 6.45) is 0.533. The second-order valence-electron chi connectivity index (χ2n) is 9.35. The van der Waals surface area contributed by atoms with Crippen LogP contribution in [-0.4, -0.2) is 32.7 Å². The summed E-state index contributed by atoms with van der Waals surface area (Å²) >= 11 is 1.53. The smallest absolute Gasteiger partial charge is 0.233 e. The predicted octanol–water partition coefficient (Wildman–Crippen LogP) is 3.70. The molecule has 6 atom stereocenters. The highest BCUT2D eigenvalue weighted by Gasteiger charge is 2.67. The molecule has 2 aliphatic heterocycles. The standard InChI is InChI=1S/C24H27NO5S/c1-13(2)18-10-17-21(23(28)25(22(17)27)12-16-4-3-9-31-16)19-11-20(30-24(18,19)29)14-5-7-15(26)8-6-14/h3-9,13,17-21,26,29H,10-12H2,1-2H3/t17-,18+,19-,20-,21-,24+/m0/s1. The molecule has 1 aromatic carbocycles. The van der Waals surface area contributed by atoms with Gasteiger partial charge in [-0.05, 0) is 47.9 Å². The van der Waals surface area contributed by atoms with E-state index in [0.717, 1.165) is 10.4 Å².